The van der Waals surface area contributed by atoms with Gasteiger partial charge in [0.25, 0.3) is 0 Å². The first-order valence-corrected chi connectivity index (χ1v) is 7.14. The van der Waals surface area contributed by atoms with Gasteiger partial charge >= 0.3 is 0 Å². The highest BCUT2D eigenvalue weighted by Gasteiger charge is 2.20. The predicted octanol–water partition coefficient (Wildman–Crippen LogP) is 4.58. The van der Waals surface area contributed by atoms with Crippen LogP contribution in [0, 0.1) is 0 Å². The molecule has 2 nitrogen and oxygen atoms in total. The first-order chi connectivity index (χ1) is 10.3. The van der Waals surface area contributed by atoms with Crippen LogP contribution in [0.25, 0.3) is 11.1 Å². The summed E-state index contributed by atoms with van der Waals surface area (Å²) in [6, 6.07) is 22.9. The molecule has 0 bridgehead atoms. The lowest BCUT2D eigenvalue weighted by Crippen LogP contribution is -1.98. The third-order valence-electron chi connectivity index (χ3n) is 4.08. The maximum atomic E-state index is 6.04. The smallest absolute Gasteiger partial charge is 0.0617 e. The first kappa shape index (κ1) is 12.0. The highest BCUT2D eigenvalue weighted by Crippen LogP contribution is 2.41. The lowest BCUT2D eigenvalue weighted by Gasteiger charge is -2.13. The average molecular weight is 272 g/mol. The Balaban J connectivity index is 1.78. The highest BCUT2D eigenvalue weighted by atomic mass is 14.9. The van der Waals surface area contributed by atoms with Crippen molar-refractivity contribution < 1.29 is 0 Å². The average Bonchev–Trinajstić information content (AvgIpc) is 2.89. The van der Waals surface area contributed by atoms with Gasteiger partial charge in [-0.2, -0.15) is 0 Å². The zero-order valence-electron chi connectivity index (χ0n) is 11.6. The largest absolute Gasteiger partial charge is 0.397 e. The van der Waals surface area contributed by atoms with Crippen LogP contribution in [-0.2, 0) is 6.42 Å². The van der Waals surface area contributed by atoms with Crippen molar-refractivity contribution in [3.63, 3.8) is 0 Å². The molecular weight excluding hydrogens is 256 g/mol. The summed E-state index contributed by atoms with van der Waals surface area (Å²) < 4.78 is 0. The summed E-state index contributed by atoms with van der Waals surface area (Å²) in [7, 11) is 0. The number of fused-ring (bicyclic) bond motifs is 3. The number of hydrogen-bond acceptors (Lipinski definition) is 2. The van der Waals surface area contributed by atoms with E-state index in [4.69, 9.17) is 5.73 Å². The van der Waals surface area contributed by atoms with Crippen molar-refractivity contribution in [1.82, 2.24) is 0 Å². The molecule has 0 radical (unpaired) electrons. The number of anilines is 3. The molecule has 0 saturated heterocycles. The van der Waals surface area contributed by atoms with E-state index in [9.17, 15) is 0 Å². The first-order valence-electron chi connectivity index (χ1n) is 7.14. The normalized spacial score (nSPS) is 11.8. The number of benzene rings is 3. The van der Waals surface area contributed by atoms with Gasteiger partial charge < -0.3 is 11.1 Å². The lowest BCUT2D eigenvalue weighted by molar-refractivity contribution is 1.26. The summed E-state index contributed by atoms with van der Waals surface area (Å²) in [5, 5.41) is 3.48. The molecule has 0 amide bonds. The third kappa shape index (κ3) is 1.96. The van der Waals surface area contributed by atoms with Crippen molar-refractivity contribution in [3.8, 4) is 11.1 Å². The number of nitrogens with one attached hydrogen (secondary N) is 1. The molecule has 102 valence electrons. The van der Waals surface area contributed by atoms with Gasteiger partial charge in [0.1, 0.15) is 0 Å². The lowest BCUT2D eigenvalue weighted by atomic mass is 10.0. The van der Waals surface area contributed by atoms with Gasteiger partial charge in [-0.3, -0.25) is 0 Å². The Labute approximate surface area is 124 Å². The van der Waals surface area contributed by atoms with Crippen LogP contribution < -0.4 is 11.1 Å². The topological polar surface area (TPSA) is 38.0 Å². The Morgan fingerprint density at radius 2 is 1.43 bits per heavy atom. The maximum Gasteiger partial charge on any atom is 0.0617 e. The third-order valence-corrected chi connectivity index (χ3v) is 4.08. The molecule has 2 heteroatoms. The summed E-state index contributed by atoms with van der Waals surface area (Å²) in [5.41, 5.74) is 14.3. The van der Waals surface area contributed by atoms with Crippen LogP contribution in [0.15, 0.2) is 66.7 Å². The number of para-hydroxylation sites is 2. The van der Waals surface area contributed by atoms with Crippen LogP contribution in [0.1, 0.15) is 11.1 Å². The van der Waals surface area contributed by atoms with Gasteiger partial charge in [0.15, 0.2) is 0 Å². The molecule has 1 aliphatic rings. The summed E-state index contributed by atoms with van der Waals surface area (Å²) in [5.74, 6) is 0. The van der Waals surface area contributed by atoms with E-state index >= 15 is 0 Å². The summed E-state index contributed by atoms with van der Waals surface area (Å²) in [6.07, 6.45) is 0.974. The van der Waals surface area contributed by atoms with Gasteiger partial charge in [-0.1, -0.05) is 48.5 Å². The minimum atomic E-state index is 0.769. The van der Waals surface area contributed by atoms with Crippen molar-refractivity contribution in [2.45, 2.75) is 6.42 Å². The van der Waals surface area contributed by atoms with Gasteiger partial charge in [-0.05, 0) is 40.5 Å². The zero-order valence-corrected chi connectivity index (χ0v) is 11.6. The zero-order chi connectivity index (χ0) is 14.2. The summed E-state index contributed by atoms with van der Waals surface area (Å²) in [6.45, 7) is 0. The Bertz CT molecular complexity index is 821. The van der Waals surface area contributed by atoms with E-state index in [1.165, 1.54) is 22.3 Å². The highest BCUT2D eigenvalue weighted by molar-refractivity contribution is 5.84. The van der Waals surface area contributed by atoms with Crippen LogP contribution in [0.4, 0.5) is 17.1 Å². The standard InChI is InChI=1S/C19H16N2/c20-17-9-3-4-10-19(17)21-18-11-5-8-15-14-7-2-1-6-13(14)12-16(15)18/h1-11,21H,12,20H2. The van der Waals surface area contributed by atoms with Gasteiger partial charge in [-0.25, -0.2) is 0 Å². The Hall–Kier alpha value is -2.74. The van der Waals surface area contributed by atoms with E-state index < -0.39 is 0 Å². The molecule has 4 rings (SSSR count). The molecule has 0 aromatic heterocycles. The Morgan fingerprint density at radius 1 is 0.714 bits per heavy atom. The van der Waals surface area contributed by atoms with Crippen LogP contribution in [0.3, 0.4) is 0 Å². The number of nitrogens with two attached hydrogens (primary N) is 1. The number of hydrogen-bond donors (Lipinski definition) is 2. The molecule has 3 aromatic rings. The molecule has 3 N–H and O–H groups in total. The SMILES string of the molecule is Nc1ccccc1Nc1cccc2c1Cc1ccccc1-2. The quantitative estimate of drug-likeness (QED) is 0.524. The van der Waals surface area contributed by atoms with E-state index in [1.54, 1.807) is 0 Å². The second-order valence-corrected chi connectivity index (χ2v) is 5.38. The molecule has 1 aliphatic carbocycles. The summed E-state index contributed by atoms with van der Waals surface area (Å²) in [4.78, 5) is 0. The van der Waals surface area contributed by atoms with Gasteiger partial charge in [0.05, 0.1) is 11.4 Å². The van der Waals surface area contributed by atoms with E-state index in [-0.39, 0.29) is 0 Å². The van der Waals surface area contributed by atoms with E-state index in [0.29, 0.717) is 0 Å². The molecule has 0 saturated carbocycles. The van der Waals surface area contributed by atoms with Gasteiger partial charge in [0, 0.05) is 12.1 Å². The molecule has 0 atom stereocenters. The summed E-state index contributed by atoms with van der Waals surface area (Å²) >= 11 is 0. The van der Waals surface area contributed by atoms with Crippen molar-refractivity contribution >= 4 is 17.1 Å². The van der Waals surface area contributed by atoms with E-state index in [1.807, 2.05) is 24.3 Å². The van der Waals surface area contributed by atoms with Gasteiger partial charge in [0.2, 0.25) is 0 Å². The van der Waals surface area contributed by atoms with Crippen molar-refractivity contribution in [2.24, 2.45) is 0 Å². The van der Waals surface area contributed by atoms with Crippen molar-refractivity contribution in [3.05, 3.63) is 77.9 Å². The fourth-order valence-electron chi connectivity index (χ4n) is 3.03. The van der Waals surface area contributed by atoms with E-state index in [2.05, 4.69) is 47.8 Å². The van der Waals surface area contributed by atoms with Crippen LogP contribution in [0.5, 0.6) is 0 Å². The maximum absolute atomic E-state index is 6.04. The second-order valence-electron chi connectivity index (χ2n) is 5.38. The van der Waals surface area contributed by atoms with E-state index in [0.717, 1.165) is 23.5 Å². The molecule has 0 heterocycles. The molecule has 0 spiro atoms. The predicted molar refractivity (Wildman–Crippen MR) is 88.8 cm³/mol. The molecule has 0 aliphatic heterocycles. The minimum Gasteiger partial charge on any atom is -0.397 e. The molecule has 0 unspecified atom stereocenters. The monoisotopic (exact) mass is 272 g/mol. The van der Waals surface area contributed by atoms with Crippen molar-refractivity contribution in [2.75, 3.05) is 11.1 Å². The number of nitrogen functional groups attached to an aromatic ring is 1. The Kier molecular flexibility index (Phi) is 2.68. The van der Waals surface area contributed by atoms with Crippen LogP contribution in [-0.4, -0.2) is 0 Å². The molecule has 0 fully saturated rings. The Morgan fingerprint density at radius 3 is 2.33 bits per heavy atom. The minimum absolute atomic E-state index is 0.769. The number of rotatable bonds is 2. The second kappa shape index (κ2) is 4.67. The molecular formula is C19H16N2. The van der Waals surface area contributed by atoms with Gasteiger partial charge in [-0.15, -0.1) is 0 Å². The molecule has 21 heavy (non-hydrogen) atoms. The van der Waals surface area contributed by atoms with Crippen LogP contribution in [0.2, 0.25) is 0 Å². The molecule has 3 aromatic carbocycles. The fourth-order valence-corrected chi connectivity index (χ4v) is 3.03. The van der Waals surface area contributed by atoms with Crippen LogP contribution >= 0.6 is 0 Å². The fraction of sp³-hybridized carbons (Fsp3) is 0.0526. The van der Waals surface area contributed by atoms with Crippen molar-refractivity contribution in [1.29, 1.82) is 0 Å².